The number of aromatic nitrogens is 1. The van der Waals surface area contributed by atoms with Gasteiger partial charge in [-0.3, -0.25) is 0 Å². The van der Waals surface area contributed by atoms with Crippen molar-refractivity contribution >= 4 is 0 Å². The molecule has 1 heterocycles. The van der Waals surface area contributed by atoms with Gasteiger partial charge in [-0.1, -0.05) is 12.1 Å². The first kappa shape index (κ1) is 5.28. The lowest BCUT2D eigenvalue weighted by atomic mass is 10.3. The van der Waals surface area contributed by atoms with Crippen LogP contribution in [0.15, 0.2) is 10.8 Å². The highest BCUT2D eigenvalue weighted by atomic mass is 19.1. The third-order valence-corrected chi connectivity index (χ3v) is 0.930. The van der Waals surface area contributed by atoms with Crippen molar-refractivity contribution in [3.05, 3.63) is 17.8 Å². The van der Waals surface area contributed by atoms with E-state index in [-0.39, 0.29) is 5.82 Å². The van der Waals surface area contributed by atoms with Crippen molar-refractivity contribution < 1.29 is 8.91 Å². The molecule has 0 fully saturated rings. The van der Waals surface area contributed by atoms with Crippen molar-refractivity contribution in [3.8, 4) is 0 Å². The van der Waals surface area contributed by atoms with Crippen LogP contribution in [-0.4, -0.2) is 5.16 Å². The molecule has 8 heavy (non-hydrogen) atoms. The quantitative estimate of drug-likeness (QED) is 0.552. The summed E-state index contributed by atoms with van der Waals surface area (Å²) in [4.78, 5) is 0. The van der Waals surface area contributed by atoms with E-state index in [0.29, 0.717) is 12.1 Å². The summed E-state index contributed by atoms with van der Waals surface area (Å²) in [6, 6.07) is 0. The number of halogens is 1. The van der Waals surface area contributed by atoms with Gasteiger partial charge in [-0.05, 0) is 6.42 Å². The van der Waals surface area contributed by atoms with Crippen LogP contribution in [0.1, 0.15) is 12.6 Å². The standard InChI is InChI=1S/C5H6FNO/c1-2-5-4(6)3-8-7-5/h3H,2H2,1H3. The van der Waals surface area contributed by atoms with Crippen LogP contribution in [0.5, 0.6) is 0 Å². The lowest BCUT2D eigenvalue weighted by Gasteiger charge is -1.79. The van der Waals surface area contributed by atoms with Gasteiger partial charge in [0.1, 0.15) is 5.69 Å². The summed E-state index contributed by atoms with van der Waals surface area (Å²) >= 11 is 0. The molecule has 0 atom stereocenters. The Morgan fingerprint density at radius 2 is 2.62 bits per heavy atom. The van der Waals surface area contributed by atoms with Gasteiger partial charge in [0.15, 0.2) is 12.1 Å². The first-order valence-corrected chi connectivity index (χ1v) is 2.43. The fourth-order valence-electron chi connectivity index (χ4n) is 0.481. The highest BCUT2D eigenvalue weighted by Crippen LogP contribution is 2.02. The fourth-order valence-corrected chi connectivity index (χ4v) is 0.481. The van der Waals surface area contributed by atoms with Crippen LogP contribution >= 0.6 is 0 Å². The minimum atomic E-state index is -0.354. The SMILES string of the molecule is CCc1nocc1F. The number of hydrogen-bond acceptors (Lipinski definition) is 2. The summed E-state index contributed by atoms with van der Waals surface area (Å²) in [6.07, 6.45) is 1.58. The summed E-state index contributed by atoms with van der Waals surface area (Å²) < 4.78 is 16.5. The Morgan fingerprint density at radius 1 is 1.88 bits per heavy atom. The average Bonchev–Trinajstić information content (AvgIpc) is 2.14. The minimum absolute atomic E-state index is 0.354. The molecule has 0 radical (unpaired) electrons. The van der Waals surface area contributed by atoms with Crippen molar-refractivity contribution in [1.29, 1.82) is 0 Å². The second-order valence-corrected chi connectivity index (χ2v) is 1.46. The topological polar surface area (TPSA) is 26.0 Å². The van der Waals surface area contributed by atoms with Gasteiger partial charge in [0, 0.05) is 0 Å². The van der Waals surface area contributed by atoms with Gasteiger partial charge < -0.3 is 4.52 Å². The van der Waals surface area contributed by atoms with Crippen molar-refractivity contribution in [3.63, 3.8) is 0 Å². The van der Waals surface area contributed by atoms with E-state index in [9.17, 15) is 4.39 Å². The Balaban J connectivity index is 2.92. The zero-order valence-corrected chi connectivity index (χ0v) is 4.52. The highest BCUT2D eigenvalue weighted by molar-refractivity contribution is 4.97. The van der Waals surface area contributed by atoms with Gasteiger partial charge in [-0.15, -0.1) is 0 Å². The summed E-state index contributed by atoms with van der Waals surface area (Å²) in [5, 5.41) is 3.38. The minimum Gasteiger partial charge on any atom is -0.361 e. The Morgan fingerprint density at radius 3 is 2.88 bits per heavy atom. The van der Waals surface area contributed by atoms with Gasteiger partial charge >= 0.3 is 0 Å². The van der Waals surface area contributed by atoms with E-state index >= 15 is 0 Å². The average molecular weight is 115 g/mol. The van der Waals surface area contributed by atoms with E-state index in [1.165, 1.54) is 0 Å². The Hall–Kier alpha value is -0.860. The molecule has 0 aliphatic heterocycles. The molecule has 0 aliphatic rings. The zero-order valence-electron chi connectivity index (χ0n) is 4.52. The van der Waals surface area contributed by atoms with E-state index in [0.717, 1.165) is 6.26 Å². The predicted molar refractivity (Wildman–Crippen MR) is 25.8 cm³/mol. The van der Waals surface area contributed by atoms with Gasteiger partial charge in [-0.25, -0.2) is 4.39 Å². The predicted octanol–water partition coefficient (Wildman–Crippen LogP) is 1.38. The number of rotatable bonds is 1. The molecule has 0 saturated heterocycles. The first-order valence-electron chi connectivity index (χ1n) is 2.43. The van der Waals surface area contributed by atoms with Crippen molar-refractivity contribution in [2.45, 2.75) is 13.3 Å². The third-order valence-electron chi connectivity index (χ3n) is 0.930. The molecule has 1 rings (SSSR count). The molecule has 1 aromatic rings. The number of hydrogen-bond donors (Lipinski definition) is 0. The molecule has 0 aliphatic carbocycles. The molecule has 0 amide bonds. The van der Waals surface area contributed by atoms with Crippen LogP contribution in [0.2, 0.25) is 0 Å². The summed E-state index contributed by atoms with van der Waals surface area (Å²) in [5.41, 5.74) is 0.394. The maximum atomic E-state index is 12.2. The molecule has 2 nitrogen and oxygen atoms in total. The molecule has 1 aromatic heterocycles. The van der Waals surface area contributed by atoms with E-state index in [4.69, 9.17) is 0 Å². The second-order valence-electron chi connectivity index (χ2n) is 1.46. The zero-order chi connectivity index (χ0) is 5.98. The molecule has 44 valence electrons. The molecule has 0 N–H and O–H groups in total. The highest BCUT2D eigenvalue weighted by Gasteiger charge is 2.01. The molecule has 0 bridgehead atoms. The third kappa shape index (κ3) is 0.710. The molecule has 3 heteroatoms. The van der Waals surface area contributed by atoms with Crippen LogP contribution in [0, 0.1) is 5.82 Å². The second kappa shape index (κ2) is 1.94. The van der Waals surface area contributed by atoms with Crippen molar-refractivity contribution in [1.82, 2.24) is 5.16 Å². The Bertz CT molecular complexity index is 173. The molecule has 0 spiro atoms. The number of nitrogens with zero attached hydrogens (tertiary/aromatic N) is 1. The summed E-state index contributed by atoms with van der Waals surface area (Å²) in [6.45, 7) is 1.82. The maximum absolute atomic E-state index is 12.2. The van der Waals surface area contributed by atoms with E-state index in [1.807, 2.05) is 6.92 Å². The normalized spacial score (nSPS) is 9.75. The van der Waals surface area contributed by atoms with Crippen molar-refractivity contribution in [2.24, 2.45) is 0 Å². The molecule has 0 unspecified atom stereocenters. The largest absolute Gasteiger partial charge is 0.361 e. The van der Waals surface area contributed by atoms with Gasteiger partial charge in [-0.2, -0.15) is 0 Å². The first-order chi connectivity index (χ1) is 3.84. The molecule has 0 aromatic carbocycles. The maximum Gasteiger partial charge on any atom is 0.185 e. The van der Waals surface area contributed by atoms with Crippen LogP contribution < -0.4 is 0 Å². The van der Waals surface area contributed by atoms with Gasteiger partial charge in [0.05, 0.1) is 0 Å². The smallest absolute Gasteiger partial charge is 0.185 e. The molecular formula is C5H6FNO. The number of aryl methyl sites for hydroxylation is 1. The Kier molecular flexibility index (Phi) is 1.28. The lowest BCUT2D eigenvalue weighted by Crippen LogP contribution is -1.80. The van der Waals surface area contributed by atoms with Gasteiger partial charge in [0.2, 0.25) is 0 Å². The fraction of sp³-hybridized carbons (Fsp3) is 0.400. The van der Waals surface area contributed by atoms with E-state index in [2.05, 4.69) is 9.68 Å². The van der Waals surface area contributed by atoms with Crippen LogP contribution in [0.3, 0.4) is 0 Å². The van der Waals surface area contributed by atoms with Crippen LogP contribution in [0.4, 0.5) is 4.39 Å². The van der Waals surface area contributed by atoms with E-state index < -0.39 is 0 Å². The van der Waals surface area contributed by atoms with Crippen LogP contribution in [0.25, 0.3) is 0 Å². The van der Waals surface area contributed by atoms with Crippen molar-refractivity contribution in [2.75, 3.05) is 0 Å². The Labute approximate surface area is 46.3 Å². The van der Waals surface area contributed by atoms with E-state index in [1.54, 1.807) is 0 Å². The van der Waals surface area contributed by atoms with Crippen LogP contribution in [-0.2, 0) is 6.42 Å². The molecule has 0 saturated carbocycles. The summed E-state index contributed by atoms with van der Waals surface area (Å²) in [5.74, 6) is -0.354. The lowest BCUT2D eigenvalue weighted by molar-refractivity contribution is 0.409. The monoisotopic (exact) mass is 115 g/mol. The summed E-state index contributed by atoms with van der Waals surface area (Å²) in [7, 11) is 0. The molecular weight excluding hydrogens is 109 g/mol. The van der Waals surface area contributed by atoms with Gasteiger partial charge in [0.25, 0.3) is 0 Å².